The van der Waals surface area contributed by atoms with E-state index in [1.165, 1.54) is 23.5 Å². The van der Waals surface area contributed by atoms with Crippen LogP contribution in [0, 0.1) is 5.82 Å². The van der Waals surface area contributed by atoms with Gasteiger partial charge in [-0.3, -0.25) is 0 Å². The molecule has 0 atom stereocenters. The molecule has 0 aliphatic rings. The zero-order chi connectivity index (χ0) is 10.8. The van der Waals surface area contributed by atoms with E-state index in [4.69, 9.17) is 5.73 Å². The number of halogens is 1. The fraction of sp³-hybridized carbons (Fsp3) is 0.100. The lowest BCUT2D eigenvalue weighted by Gasteiger charge is -2.04. The van der Waals surface area contributed by atoms with Crippen LogP contribution in [0.25, 0.3) is 10.4 Å². The molecule has 5 heteroatoms. The number of nitrogens with zero attached hydrogens (tertiary/aromatic N) is 1. The van der Waals surface area contributed by atoms with Gasteiger partial charge in [-0.1, -0.05) is 11.3 Å². The first-order chi connectivity index (χ1) is 7.20. The molecule has 1 heterocycles. The molecule has 2 aromatic rings. The summed E-state index contributed by atoms with van der Waals surface area (Å²) in [4.78, 5) is 5.89. The lowest BCUT2D eigenvalue weighted by atomic mass is 10.2. The average molecular weight is 240 g/mol. The molecule has 0 radical (unpaired) electrons. The predicted octanol–water partition coefficient (Wildman–Crippen LogP) is 3.25. The van der Waals surface area contributed by atoms with Gasteiger partial charge < -0.3 is 5.73 Å². The Labute approximate surface area is 95.3 Å². The van der Waals surface area contributed by atoms with Crippen LogP contribution in [0.5, 0.6) is 0 Å². The van der Waals surface area contributed by atoms with E-state index >= 15 is 0 Å². The van der Waals surface area contributed by atoms with Gasteiger partial charge >= 0.3 is 0 Å². The highest BCUT2D eigenvalue weighted by Gasteiger charge is 2.08. The van der Waals surface area contributed by atoms with Crippen molar-refractivity contribution in [1.29, 1.82) is 0 Å². The quantitative estimate of drug-likeness (QED) is 0.819. The highest BCUT2D eigenvalue weighted by atomic mass is 32.2. The van der Waals surface area contributed by atoms with Crippen LogP contribution in [0.1, 0.15) is 0 Å². The van der Waals surface area contributed by atoms with Crippen molar-refractivity contribution in [3.63, 3.8) is 0 Å². The van der Waals surface area contributed by atoms with E-state index in [1.54, 1.807) is 24.0 Å². The van der Waals surface area contributed by atoms with Crippen molar-refractivity contribution in [3.05, 3.63) is 30.2 Å². The summed E-state index contributed by atoms with van der Waals surface area (Å²) in [5.74, 6) is -0.241. The van der Waals surface area contributed by atoms with E-state index < -0.39 is 0 Å². The Morgan fingerprint density at radius 2 is 2.27 bits per heavy atom. The molecule has 1 aromatic heterocycles. The van der Waals surface area contributed by atoms with Gasteiger partial charge in [-0.15, -0.1) is 11.8 Å². The summed E-state index contributed by atoms with van der Waals surface area (Å²) in [7, 11) is 0. The summed E-state index contributed by atoms with van der Waals surface area (Å²) in [6, 6.07) is 4.74. The molecule has 0 spiro atoms. The number of nitrogen functional groups attached to an aromatic ring is 1. The predicted molar refractivity (Wildman–Crippen MR) is 63.7 cm³/mol. The van der Waals surface area contributed by atoms with Gasteiger partial charge in [0.25, 0.3) is 0 Å². The third-order valence-corrected chi connectivity index (χ3v) is 3.61. The van der Waals surface area contributed by atoms with E-state index in [0.29, 0.717) is 5.13 Å². The average Bonchev–Trinajstić information content (AvgIpc) is 2.65. The van der Waals surface area contributed by atoms with Crippen molar-refractivity contribution in [2.45, 2.75) is 4.90 Å². The molecule has 78 valence electrons. The van der Waals surface area contributed by atoms with Gasteiger partial charge in [0.1, 0.15) is 5.82 Å². The molecule has 0 aliphatic carbocycles. The molecule has 0 amide bonds. The van der Waals surface area contributed by atoms with Gasteiger partial charge in [0.2, 0.25) is 0 Å². The SMILES string of the molecule is CSc1ccc(F)cc1-c1cnc(N)s1. The number of aromatic nitrogens is 1. The Kier molecular flexibility index (Phi) is 2.93. The number of benzene rings is 1. The summed E-state index contributed by atoms with van der Waals surface area (Å²) >= 11 is 2.95. The Morgan fingerprint density at radius 1 is 1.47 bits per heavy atom. The van der Waals surface area contributed by atoms with E-state index in [2.05, 4.69) is 4.98 Å². The number of thioether (sulfide) groups is 1. The van der Waals surface area contributed by atoms with Gasteiger partial charge in [-0.25, -0.2) is 9.37 Å². The second-order valence-electron chi connectivity index (χ2n) is 2.91. The molecule has 2 N–H and O–H groups in total. The molecule has 1 aromatic carbocycles. The fourth-order valence-corrected chi connectivity index (χ4v) is 2.66. The van der Waals surface area contributed by atoms with E-state index in [9.17, 15) is 4.39 Å². The van der Waals surface area contributed by atoms with Crippen molar-refractivity contribution in [2.24, 2.45) is 0 Å². The highest BCUT2D eigenvalue weighted by molar-refractivity contribution is 7.98. The minimum atomic E-state index is -0.241. The number of hydrogen-bond donors (Lipinski definition) is 1. The van der Waals surface area contributed by atoms with E-state index in [0.717, 1.165) is 15.3 Å². The number of rotatable bonds is 2. The normalized spacial score (nSPS) is 10.5. The van der Waals surface area contributed by atoms with Crippen LogP contribution in [0.15, 0.2) is 29.3 Å². The van der Waals surface area contributed by atoms with Crippen LogP contribution >= 0.6 is 23.1 Å². The maximum Gasteiger partial charge on any atom is 0.180 e. The van der Waals surface area contributed by atoms with Crippen molar-refractivity contribution < 1.29 is 4.39 Å². The molecule has 0 unspecified atom stereocenters. The molecule has 2 rings (SSSR count). The Bertz CT molecular complexity index is 482. The zero-order valence-corrected chi connectivity index (χ0v) is 9.66. The monoisotopic (exact) mass is 240 g/mol. The van der Waals surface area contributed by atoms with Crippen molar-refractivity contribution >= 4 is 28.2 Å². The van der Waals surface area contributed by atoms with Crippen LogP contribution in [0.2, 0.25) is 0 Å². The van der Waals surface area contributed by atoms with Gasteiger partial charge in [0, 0.05) is 16.7 Å². The maximum absolute atomic E-state index is 13.1. The van der Waals surface area contributed by atoms with Crippen molar-refractivity contribution in [2.75, 3.05) is 12.0 Å². The second kappa shape index (κ2) is 4.20. The molecule has 0 bridgehead atoms. The molecule has 0 fully saturated rings. The molecule has 0 saturated heterocycles. The van der Waals surface area contributed by atoms with Crippen molar-refractivity contribution in [1.82, 2.24) is 4.98 Å². The summed E-state index contributed by atoms with van der Waals surface area (Å²) in [5.41, 5.74) is 6.41. The number of nitrogens with two attached hydrogens (primary N) is 1. The zero-order valence-electron chi connectivity index (χ0n) is 8.03. The topological polar surface area (TPSA) is 38.9 Å². The highest BCUT2D eigenvalue weighted by Crippen LogP contribution is 2.34. The number of hydrogen-bond acceptors (Lipinski definition) is 4. The fourth-order valence-electron chi connectivity index (χ4n) is 1.28. The van der Waals surface area contributed by atoms with Gasteiger partial charge in [-0.2, -0.15) is 0 Å². The smallest absolute Gasteiger partial charge is 0.180 e. The number of thiazole rings is 1. The van der Waals surface area contributed by atoms with Crippen LogP contribution in [-0.4, -0.2) is 11.2 Å². The summed E-state index contributed by atoms with van der Waals surface area (Å²) in [5, 5.41) is 0.501. The lowest BCUT2D eigenvalue weighted by molar-refractivity contribution is 0.627. The van der Waals surface area contributed by atoms with Crippen LogP contribution in [-0.2, 0) is 0 Å². The number of anilines is 1. The summed E-state index contributed by atoms with van der Waals surface area (Å²) < 4.78 is 13.1. The molecular formula is C10H9FN2S2. The largest absolute Gasteiger partial charge is 0.375 e. The minimum absolute atomic E-state index is 0.241. The molecule has 15 heavy (non-hydrogen) atoms. The van der Waals surface area contributed by atoms with E-state index in [-0.39, 0.29) is 5.82 Å². The van der Waals surface area contributed by atoms with Gasteiger partial charge in [0.15, 0.2) is 5.13 Å². The molecule has 2 nitrogen and oxygen atoms in total. The first kappa shape index (κ1) is 10.4. The van der Waals surface area contributed by atoms with Crippen LogP contribution in [0.3, 0.4) is 0 Å². The molecule has 0 aliphatic heterocycles. The molecular weight excluding hydrogens is 231 g/mol. The standard InChI is InChI=1S/C10H9FN2S2/c1-14-8-3-2-6(11)4-7(8)9-5-13-10(12)15-9/h2-5H,1H3,(H2,12,13). The van der Waals surface area contributed by atoms with Gasteiger partial charge in [-0.05, 0) is 24.5 Å². The Morgan fingerprint density at radius 3 is 2.87 bits per heavy atom. The Hall–Kier alpha value is -1.07. The second-order valence-corrected chi connectivity index (χ2v) is 4.82. The third kappa shape index (κ3) is 2.13. The van der Waals surface area contributed by atoms with E-state index in [1.807, 2.05) is 6.26 Å². The summed E-state index contributed by atoms with van der Waals surface area (Å²) in [6.07, 6.45) is 3.63. The van der Waals surface area contributed by atoms with Crippen molar-refractivity contribution in [3.8, 4) is 10.4 Å². The maximum atomic E-state index is 13.1. The van der Waals surface area contributed by atoms with Crippen LogP contribution in [0.4, 0.5) is 9.52 Å². The Balaban J connectivity index is 2.55. The molecule has 0 saturated carbocycles. The first-order valence-electron chi connectivity index (χ1n) is 4.26. The summed E-state index contributed by atoms with van der Waals surface area (Å²) in [6.45, 7) is 0. The lowest BCUT2D eigenvalue weighted by Crippen LogP contribution is -1.81. The first-order valence-corrected chi connectivity index (χ1v) is 6.30. The third-order valence-electron chi connectivity index (χ3n) is 1.95. The minimum Gasteiger partial charge on any atom is -0.375 e. The van der Waals surface area contributed by atoms with Gasteiger partial charge in [0.05, 0.1) is 4.88 Å². The van der Waals surface area contributed by atoms with Crippen LogP contribution < -0.4 is 5.73 Å².